The van der Waals surface area contributed by atoms with Crippen molar-refractivity contribution < 1.29 is 4.79 Å². The standard InChI is InChI=1S/C15H18N2O/c18-10-13-12-7-3-4-8-14(12)17-15(13)16-9-11-5-1-2-6-11/h3-4,7-8,10-11,16-17H,1-2,5-6,9H2. The lowest BCUT2D eigenvalue weighted by Crippen LogP contribution is -2.12. The van der Waals surface area contributed by atoms with E-state index in [0.717, 1.165) is 41.0 Å². The number of aromatic amines is 1. The average Bonchev–Trinajstić information content (AvgIpc) is 3.03. The van der Waals surface area contributed by atoms with Gasteiger partial charge in [-0.15, -0.1) is 0 Å². The number of fused-ring (bicyclic) bond motifs is 1. The number of para-hydroxylation sites is 1. The molecule has 0 radical (unpaired) electrons. The summed E-state index contributed by atoms with van der Waals surface area (Å²) in [6, 6.07) is 7.93. The Balaban J connectivity index is 1.84. The molecule has 0 spiro atoms. The van der Waals surface area contributed by atoms with Gasteiger partial charge in [-0.05, 0) is 24.8 Å². The van der Waals surface area contributed by atoms with E-state index in [4.69, 9.17) is 0 Å². The molecule has 2 aromatic rings. The summed E-state index contributed by atoms with van der Waals surface area (Å²) in [5.74, 6) is 1.63. The van der Waals surface area contributed by atoms with Gasteiger partial charge in [0, 0.05) is 17.4 Å². The van der Waals surface area contributed by atoms with Crippen LogP contribution in [0.4, 0.5) is 5.82 Å². The van der Waals surface area contributed by atoms with Gasteiger partial charge in [-0.3, -0.25) is 4.79 Å². The van der Waals surface area contributed by atoms with Crippen LogP contribution in [0.5, 0.6) is 0 Å². The van der Waals surface area contributed by atoms with Crippen molar-refractivity contribution in [1.29, 1.82) is 0 Å². The monoisotopic (exact) mass is 242 g/mol. The lowest BCUT2D eigenvalue weighted by Gasteiger charge is -2.10. The summed E-state index contributed by atoms with van der Waals surface area (Å²) in [6.07, 6.45) is 6.25. The van der Waals surface area contributed by atoms with E-state index >= 15 is 0 Å². The van der Waals surface area contributed by atoms with E-state index in [1.54, 1.807) is 0 Å². The largest absolute Gasteiger partial charge is 0.371 e. The van der Waals surface area contributed by atoms with Crippen LogP contribution in [0.1, 0.15) is 36.0 Å². The first kappa shape index (κ1) is 11.3. The topological polar surface area (TPSA) is 44.9 Å². The van der Waals surface area contributed by atoms with E-state index in [-0.39, 0.29) is 0 Å². The molecule has 18 heavy (non-hydrogen) atoms. The molecule has 2 N–H and O–H groups in total. The first-order valence-electron chi connectivity index (χ1n) is 6.68. The number of benzene rings is 1. The smallest absolute Gasteiger partial charge is 0.154 e. The second kappa shape index (κ2) is 4.84. The molecule has 0 amide bonds. The summed E-state index contributed by atoms with van der Waals surface area (Å²) in [6.45, 7) is 0.966. The molecule has 1 fully saturated rings. The SMILES string of the molecule is O=Cc1c(NCC2CCCC2)[nH]c2ccccc12. The van der Waals surface area contributed by atoms with Crippen LogP contribution < -0.4 is 5.32 Å². The van der Waals surface area contributed by atoms with Crippen LogP contribution in [0.3, 0.4) is 0 Å². The molecule has 94 valence electrons. The third kappa shape index (κ3) is 2.01. The minimum absolute atomic E-state index is 0.753. The fourth-order valence-corrected chi connectivity index (χ4v) is 2.89. The first-order valence-corrected chi connectivity index (χ1v) is 6.68. The van der Waals surface area contributed by atoms with Crippen LogP contribution in [0.25, 0.3) is 10.9 Å². The number of hydrogen-bond donors (Lipinski definition) is 2. The van der Waals surface area contributed by atoms with Gasteiger partial charge in [-0.25, -0.2) is 0 Å². The van der Waals surface area contributed by atoms with Crippen LogP contribution in [-0.4, -0.2) is 17.8 Å². The highest BCUT2D eigenvalue weighted by Crippen LogP contribution is 2.27. The zero-order valence-corrected chi connectivity index (χ0v) is 10.4. The second-order valence-electron chi connectivity index (χ2n) is 5.11. The Hall–Kier alpha value is -1.77. The van der Waals surface area contributed by atoms with Crippen molar-refractivity contribution in [3.8, 4) is 0 Å². The lowest BCUT2D eigenvalue weighted by atomic mass is 10.1. The minimum Gasteiger partial charge on any atom is -0.371 e. The molecule has 0 aliphatic heterocycles. The van der Waals surface area contributed by atoms with Gasteiger partial charge in [-0.2, -0.15) is 0 Å². The molecule has 3 nitrogen and oxygen atoms in total. The van der Waals surface area contributed by atoms with Gasteiger partial charge in [0.1, 0.15) is 5.82 Å². The van der Waals surface area contributed by atoms with Crippen molar-refractivity contribution in [2.45, 2.75) is 25.7 Å². The van der Waals surface area contributed by atoms with Gasteiger partial charge in [0.05, 0.1) is 5.56 Å². The number of H-pyrrole nitrogens is 1. The van der Waals surface area contributed by atoms with Gasteiger partial charge in [0.25, 0.3) is 0 Å². The molecule has 1 aliphatic carbocycles. The van der Waals surface area contributed by atoms with Crippen molar-refractivity contribution in [1.82, 2.24) is 4.98 Å². The maximum Gasteiger partial charge on any atom is 0.154 e. The molecular formula is C15H18N2O. The normalized spacial score (nSPS) is 16.2. The quantitative estimate of drug-likeness (QED) is 0.805. The molecule has 1 saturated carbocycles. The summed E-state index contributed by atoms with van der Waals surface area (Å²) in [5, 5.41) is 4.41. The predicted molar refractivity (Wildman–Crippen MR) is 74.1 cm³/mol. The molecule has 0 unspecified atom stereocenters. The van der Waals surface area contributed by atoms with Crippen molar-refractivity contribution in [3.05, 3.63) is 29.8 Å². The molecule has 0 saturated heterocycles. The summed E-state index contributed by atoms with van der Waals surface area (Å²) in [5.41, 5.74) is 1.78. The van der Waals surface area contributed by atoms with Crippen molar-refractivity contribution in [3.63, 3.8) is 0 Å². The van der Waals surface area contributed by atoms with Gasteiger partial charge in [0.2, 0.25) is 0 Å². The number of aldehydes is 1. The van der Waals surface area contributed by atoms with Crippen molar-refractivity contribution in [2.24, 2.45) is 5.92 Å². The average molecular weight is 242 g/mol. The summed E-state index contributed by atoms with van der Waals surface area (Å²) >= 11 is 0. The van der Waals surface area contributed by atoms with Crippen LogP contribution >= 0.6 is 0 Å². The van der Waals surface area contributed by atoms with E-state index < -0.39 is 0 Å². The maximum absolute atomic E-state index is 11.2. The van der Waals surface area contributed by atoms with E-state index in [9.17, 15) is 4.79 Å². The van der Waals surface area contributed by atoms with Crippen LogP contribution in [0, 0.1) is 5.92 Å². The summed E-state index contributed by atoms with van der Waals surface area (Å²) in [4.78, 5) is 14.5. The van der Waals surface area contributed by atoms with E-state index in [2.05, 4.69) is 10.3 Å². The zero-order chi connectivity index (χ0) is 12.4. The Bertz CT molecular complexity index is 553. The Morgan fingerprint density at radius 3 is 2.83 bits per heavy atom. The van der Waals surface area contributed by atoms with E-state index in [1.807, 2.05) is 24.3 Å². The van der Waals surface area contributed by atoms with Crippen molar-refractivity contribution >= 4 is 23.0 Å². The fourth-order valence-electron chi connectivity index (χ4n) is 2.89. The number of anilines is 1. The molecule has 1 aliphatic rings. The third-order valence-corrected chi connectivity index (χ3v) is 3.91. The first-order chi connectivity index (χ1) is 8.88. The zero-order valence-electron chi connectivity index (χ0n) is 10.4. The van der Waals surface area contributed by atoms with Crippen molar-refractivity contribution in [2.75, 3.05) is 11.9 Å². The minimum atomic E-state index is 0.753. The number of aromatic nitrogens is 1. The number of carbonyl (C=O) groups is 1. The Kier molecular flexibility index (Phi) is 3.05. The number of nitrogens with one attached hydrogen (secondary N) is 2. The fraction of sp³-hybridized carbons (Fsp3) is 0.400. The third-order valence-electron chi connectivity index (χ3n) is 3.91. The van der Waals surface area contributed by atoms with Gasteiger partial charge >= 0.3 is 0 Å². The van der Waals surface area contributed by atoms with E-state index in [1.165, 1.54) is 25.7 Å². The maximum atomic E-state index is 11.2. The molecule has 3 heteroatoms. The van der Waals surface area contributed by atoms with Crippen LogP contribution in [-0.2, 0) is 0 Å². The number of carbonyl (C=O) groups excluding carboxylic acids is 1. The Morgan fingerprint density at radius 2 is 2.06 bits per heavy atom. The van der Waals surface area contributed by atoms with Gasteiger partial charge in [-0.1, -0.05) is 31.0 Å². The number of hydrogen-bond acceptors (Lipinski definition) is 2. The molecular weight excluding hydrogens is 224 g/mol. The highest BCUT2D eigenvalue weighted by molar-refractivity contribution is 6.03. The van der Waals surface area contributed by atoms with Crippen LogP contribution in [0.2, 0.25) is 0 Å². The van der Waals surface area contributed by atoms with Gasteiger partial charge < -0.3 is 10.3 Å². The summed E-state index contributed by atoms with van der Waals surface area (Å²) in [7, 11) is 0. The molecule has 1 aromatic carbocycles. The van der Waals surface area contributed by atoms with Gasteiger partial charge in [0.15, 0.2) is 6.29 Å². The highest BCUT2D eigenvalue weighted by Gasteiger charge is 2.16. The lowest BCUT2D eigenvalue weighted by molar-refractivity contribution is 0.112. The van der Waals surface area contributed by atoms with Crippen LogP contribution in [0.15, 0.2) is 24.3 Å². The molecule has 0 atom stereocenters. The Morgan fingerprint density at radius 1 is 1.28 bits per heavy atom. The molecule has 3 rings (SSSR count). The second-order valence-corrected chi connectivity index (χ2v) is 5.11. The number of rotatable bonds is 4. The molecule has 1 aromatic heterocycles. The van der Waals surface area contributed by atoms with E-state index in [0.29, 0.717) is 0 Å². The molecule has 0 bridgehead atoms. The summed E-state index contributed by atoms with van der Waals surface area (Å²) < 4.78 is 0. The predicted octanol–water partition coefficient (Wildman–Crippen LogP) is 3.58. The molecule has 1 heterocycles. The Labute approximate surface area is 107 Å². The highest BCUT2D eigenvalue weighted by atomic mass is 16.1.